The summed E-state index contributed by atoms with van der Waals surface area (Å²) >= 11 is 5.91. The zero-order valence-electron chi connectivity index (χ0n) is 13.3. The van der Waals surface area contributed by atoms with Crippen LogP contribution in [0.4, 0.5) is 10.2 Å². The lowest BCUT2D eigenvalue weighted by Gasteiger charge is -2.37. The van der Waals surface area contributed by atoms with E-state index in [1.54, 1.807) is 35.1 Å². The van der Waals surface area contributed by atoms with Crippen molar-refractivity contribution in [3.63, 3.8) is 0 Å². The lowest BCUT2D eigenvalue weighted by Crippen LogP contribution is -2.40. The summed E-state index contributed by atoms with van der Waals surface area (Å²) in [6.07, 6.45) is 4.09. The van der Waals surface area contributed by atoms with Crippen molar-refractivity contribution < 1.29 is 4.39 Å². The third-order valence-electron chi connectivity index (χ3n) is 4.73. The maximum Gasteiger partial charge on any atom is 0.158 e. The van der Waals surface area contributed by atoms with Gasteiger partial charge in [0.1, 0.15) is 23.0 Å². The number of halogens is 2. The minimum absolute atomic E-state index is 0.415. The quantitative estimate of drug-likeness (QED) is 0.713. The normalized spacial score (nSPS) is 17.4. The molecular formula is C17H17ClFN5. The van der Waals surface area contributed by atoms with Crippen LogP contribution in [0.15, 0.2) is 36.8 Å². The average molecular weight is 346 g/mol. The lowest BCUT2D eigenvalue weighted by atomic mass is 9.86. The van der Waals surface area contributed by atoms with Crippen LogP contribution in [0.2, 0.25) is 5.02 Å². The number of alkyl halides is 1. The van der Waals surface area contributed by atoms with E-state index in [1.807, 2.05) is 7.05 Å². The Hall–Kier alpha value is -2.21. The molecule has 2 aromatic heterocycles. The Morgan fingerprint density at radius 3 is 2.54 bits per heavy atom. The monoisotopic (exact) mass is 345 g/mol. The van der Waals surface area contributed by atoms with Crippen LogP contribution in [-0.4, -0.2) is 32.8 Å². The largest absolute Gasteiger partial charge is 0.354 e. The fraction of sp³-hybridized carbons (Fsp3) is 0.353. The third-order valence-corrected chi connectivity index (χ3v) is 4.98. The second-order valence-electron chi connectivity index (χ2n) is 6.16. The van der Waals surface area contributed by atoms with Gasteiger partial charge in [-0.15, -0.1) is 0 Å². The van der Waals surface area contributed by atoms with Gasteiger partial charge in [-0.1, -0.05) is 23.7 Å². The standard InChI is InChI=1S/C17H17ClFN5/c1-23-15-14(10-22-23)20-11-21-16(15)24-8-6-17(19,7-9-24)12-2-4-13(18)5-3-12/h2-5,10-11H,6-9H2,1H3. The molecular weight excluding hydrogens is 329 g/mol. The van der Waals surface area contributed by atoms with Crippen LogP contribution in [0.5, 0.6) is 0 Å². The molecule has 24 heavy (non-hydrogen) atoms. The van der Waals surface area contributed by atoms with Gasteiger partial charge in [-0.2, -0.15) is 5.10 Å². The van der Waals surface area contributed by atoms with E-state index in [4.69, 9.17) is 11.6 Å². The van der Waals surface area contributed by atoms with Gasteiger partial charge < -0.3 is 4.90 Å². The van der Waals surface area contributed by atoms with E-state index in [2.05, 4.69) is 20.0 Å². The number of anilines is 1. The summed E-state index contributed by atoms with van der Waals surface area (Å²) in [6.45, 7) is 1.19. The molecule has 1 aromatic carbocycles. The Labute approximate surface area is 144 Å². The molecule has 4 rings (SSSR count). The van der Waals surface area contributed by atoms with Gasteiger partial charge in [0.25, 0.3) is 0 Å². The molecule has 0 bridgehead atoms. The molecule has 0 N–H and O–H groups in total. The highest BCUT2D eigenvalue weighted by Gasteiger charge is 2.37. The van der Waals surface area contributed by atoms with Crippen molar-refractivity contribution in [3.05, 3.63) is 47.4 Å². The first-order valence-corrected chi connectivity index (χ1v) is 8.27. The van der Waals surface area contributed by atoms with Crippen LogP contribution in [-0.2, 0) is 12.7 Å². The van der Waals surface area contributed by atoms with Crippen LogP contribution >= 0.6 is 11.6 Å². The van der Waals surface area contributed by atoms with E-state index in [9.17, 15) is 0 Å². The van der Waals surface area contributed by atoms with Gasteiger partial charge in [0.2, 0.25) is 0 Å². The van der Waals surface area contributed by atoms with Crippen molar-refractivity contribution in [3.8, 4) is 0 Å². The molecule has 0 atom stereocenters. The minimum Gasteiger partial charge on any atom is -0.354 e. The van der Waals surface area contributed by atoms with E-state index in [-0.39, 0.29) is 0 Å². The van der Waals surface area contributed by atoms with Crippen LogP contribution < -0.4 is 4.90 Å². The van der Waals surface area contributed by atoms with Gasteiger partial charge in [0.15, 0.2) is 5.82 Å². The fourth-order valence-corrected chi connectivity index (χ4v) is 3.45. The molecule has 3 aromatic rings. The van der Waals surface area contributed by atoms with E-state index in [0.717, 1.165) is 16.9 Å². The lowest BCUT2D eigenvalue weighted by molar-refractivity contribution is 0.125. The topological polar surface area (TPSA) is 46.8 Å². The molecule has 3 heterocycles. The van der Waals surface area contributed by atoms with E-state index in [0.29, 0.717) is 36.5 Å². The van der Waals surface area contributed by atoms with Gasteiger partial charge >= 0.3 is 0 Å². The third kappa shape index (κ3) is 2.51. The molecule has 1 aliphatic heterocycles. The number of hydrogen-bond donors (Lipinski definition) is 0. The summed E-state index contributed by atoms with van der Waals surface area (Å²) < 4.78 is 17.1. The fourth-order valence-electron chi connectivity index (χ4n) is 3.33. The summed E-state index contributed by atoms with van der Waals surface area (Å²) in [7, 11) is 1.87. The predicted molar refractivity (Wildman–Crippen MR) is 92.0 cm³/mol. The summed E-state index contributed by atoms with van der Waals surface area (Å²) in [5, 5.41) is 4.86. The number of piperidine rings is 1. The minimum atomic E-state index is -1.32. The summed E-state index contributed by atoms with van der Waals surface area (Å²) in [5.41, 5.74) is 1.06. The highest BCUT2D eigenvalue weighted by atomic mass is 35.5. The first-order valence-electron chi connectivity index (χ1n) is 7.89. The number of hydrogen-bond acceptors (Lipinski definition) is 4. The smallest absolute Gasteiger partial charge is 0.158 e. The molecule has 7 heteroatoms. The Bertz CT molecular complexity index is 868. The zero-order valence-corrected chi connectivity index (χ0v) is 14.0. The number of nitrogens with zero attached hydrogens (tertiary/aromatic N) is 5. The Morgan fingerprint density at radius 2 is 1.83 bits per heavy atom. The Morgan fingerprint density at radius 1 is 1.12 bits per heavy atom. The summed E-state index contributed by atoms with van der Waals surface area (Å²) in [4.78, 5) is 10.8. The van der Waals surface area contributed by atoms with Crippen molar-refractivity contribution in [1.82, 2.24) is 19.7 Å². The van der Waals surface area contributed by atoms with Crippen molar-refractivity contribution in [2.45, 2.75) is 18.5 Å². The summed E-state index contributed by atoms with van der Waals surface area (Å²) in [6, 6.07) is 7.05. The van der Waals surface area contributed by atoms with Crippen molar-refractivity contribution in [2.24, 2.45) is 7.05 Å². The van der Waals surface area contributed by atoms with E-state index >= 15 is 4.39 Å². The molecule has 1 aliphatic rings. The second-order valence-corrected chi connectivity index (χ2v) is 6.59. The molecule has 124 valence electrons. The highest BCUT2D eigenvalue weighted by molar-refractivity contribution is 6.30. The molecule has 5 nitrogen and oxygen atoms in total. The van der Waals surface area contributed by atoms with Crippen LogP contribution in [0, 0.1) is 0 Å². The first-order chi connectivity index (χ1) is 11.6. The molecule has 0 unspecified atom stereocenters. The van der Waals surface area contributed by atoms with E-state index < -0.39 is 5.67 Å². The number of fused-ring (bicyclic) bond motifs is 1. The number of rotatable bonds is 2. The molecule has 1 saturated heterocycles. The van der Waals surface area contributed by atoms with Crippen molar-refractivity contribution in [1.29, 1.82) is 0 Å². The SMILES string of the molecule is Cn1ncc2ncnc(N3CCC(F)(c4ccc(Cl)cc4)CC3)c21. The van der Waals surface area contributed by atoms with Crippen LogP contribution in [0.1, 0.15) is 18.4 Å². The van der Waals surface area contributed by atoms with Gasteiger partial charge in [0, 0.05) is 38.0 Å². The van der Waals surface area contributed by atoms with Gasteiger partial charge in [-0.05, 0) is 17.7 Å². The van der Waals surface area contributed by atoms with Gasteiger partial charge in [-0.25, -0.2) is 14.4 Å². The van der Waals surface area contributed by atoms with Gasteiger partial charge in [0.05, 0.1) is 6.20 Å². The average Bonchev–Trinajstić information content (AvgIpc) is 2.98. The number of benzene rings is 1. The molecule has 0 radical (unpaired) electrons. The number of aryl methyl sites for hydroxylation is 1. The highest BCUT2D eigenvalue weighted by Crippen LogP contribution is 2.39. The van der Waals surface area contributed by atoms with Crippen molar-refractivity contribution in [2.75, 3.05) is 18.0 Å². The zero-order chi connectivity index (χ0) is 16.7. The molecule has 0 amide bonds. The molecule has 0 aliphatic carbocycles. The molecule has 1 fully saturated rings. The first kappa shape index (κ1) is 15.3. The molecule has 0 spiro atoms. The van der Waals surface area contributed by atoms with Gasteiger partial charge in [-0.3, -0.25) is 4.68 Å². The Balaban J connectivity index is 1.59. The second kappa shape index (κ2) is 5.70. The van der Waals surface area contributed by atoms with Crippen LogP contribution in [0.3, 0.4) is 0 Å². The predicted octanol–water partition coefficient (Wildman–Crippen LogP) is 3.48. The maximum atomic E-state index is 15.3. The Kier molecular flexibility index (Phi) is 3.64. The van der Waals surface area contributed by atoms with Crippen molar-refractivity contribution >= 4 is 28.5 Å². The van der Waals surface area contributed by atoms with Crippen LogP contribution in [0.25, 0.3) is 11.0 Å². The number of aromatic nitrogens is 4. The molecule has 0 saturated carbocycles. The summed E-state index contributed by atoms with van der Waals surface area (Å²) in [5.74, 6) is 0.818. The maximum absolute atomic E-state index is 15.3. The van der Waals surface area contributed by atoms with E-state index in [1.165, 1.54) is 6.33 Å².